The molecule has 42 valence electrons. The van der Waals surface area contributed by atoms with Crippen LogP contribution in [0.4, 0.5) is 0 Å². The van der Waals surface area contributed by atoms with E-state index in [1.807, 2.05) is 0 Å². The topological polar surface area (TPSA) is 73.2 Å². The van der Waals surface area contributed by atoms with Crippen LogP contribution < -0.4 is 5.32 Å². The van der Waals surface area contributed by atoms with Crippen molar-refractivity contribution in [1.29, 1.82) is 0 Å². The third-order valence-corrected chi connectivity index (χ3v) is 0.321. The van der Waals surface area contributed by atoms with E-state index in [1.165, 1.54) is 0 Å². The van der Waals surface area contributed by atoms with E-state index in [2.05, 4.69) is 5.32 Å². The predicted octanol–water partition coefficient (Wildman–Crippen LogP) is -2.09. The molecule has 1 aliphatic rings. The minimum atomic E-state index is -1.42. The summed E-state index contributed by atoms with van der Waals surface area (Å²) in [4.78, 5) is 9.44. The van der Waals surface area contributed by atoms with Crippen LogP contribution in [0, 0.1) is 0 Å². The lowest BCUT2D eigenvalue weighted by Gasteiger charge is -1.30. The molecule has 1 amide bonds. The molecule has 0 unspecified atom stereocenters. The lowest BCUT2D eigenvalue weighted by Crippen LogP contribution is -1.66. The molecule has 0 aromatic rings. The van der Waals surface area contributed by atoms with Crippen LogP contribution in [-0.4, -0.2) is 20.9 Å². The Hall–Kier alpha value is -0.580. The van der Waals surface area contributed by atoms with Crippen LogP contribution >= 0.6 is 0 Å². The van der Waals surface area contributed by atoms with Crippen molar-refractivity contribution in [2.24, 2.45) is 0 Å². The van der Waals surface area contributed by atoms with Crippen molar-refractivity contribution in [3.8, 4) is 0 Å². The largest absolute Gasteiger partial charge is 0.346 e. The summed E-state index contributed by atoms with van der Waals surface area (Å²) < 4.78 is 16.8. The maximum atomic E-state index is 9.44. The van der Waals surface area contributed by atoms with Crippen molar-refractivity contribution >= 4 is 17.5 Å². The molecule has 1 N–H and O–H groups in total. The molecule has 0 spiro atoms. The molecule has 1 aliphatic heterocycles. The Bertz CT molecular complexity index is 99.5. The molecule has 0 aromatic heterocycles. The first-order valence-corrected chi connectivity index (χ1v) is 2.39. The Morgan fingerprint density at radius 1 is 1.57 bits per heavy atom. The van der Waals surface area contributed by atoms with Crippen molar-refractivity contribution in [3.63, 3.8) is 0 Å². The third kappa shape index (κ3) is 10.8. The first-order valence-electron chi connectivity index (χ1n) is 1.57. The summed E-state index contributed by atoms with van der Waals surface area (Å²) in [6.45, 7) is 0.597. The SMILES string of the molecule is O=C1CN1.O=[SH2]=O. The zero-order valence-electron chi connectivity index (χ0n) is 3.43. The molecule has 0 aromatic carbocycles. The quantitative estimate of drug-likeness (QED) is 0.375. The van der Waals surface area contributed by atoms with Crippen LogP contribution in [0.5, 0.6) is 0 Å². The highest BCUT2D eigenvalue weighted by atomic mass is 32.1. The second kappa shape index (κ2) is 3.60. The molecule has 1 heterocycles. The van der Waals surface area contributed by atoms with E-state index in [1.54, 1.807) is 0 Å². The average molecular weight is 123 g/mol. The van der Waals surface area contributed by atoms with E-state index in [0.29, 0.717) is 6.54 Å². The number of nitrogens with one attached hydrogen (secondary N) is 1. The number of carbonyl (C=O) groups is 1. The highest BCUT2D eigenvalue weighted by molar-refractivity contribution is 7.51. The predicted molar refractivity (Wildman–Crippen MR) is 24.7 cm³/mol. The fraction of sp³-hybridized carbons (Fsp3) is 0.500. The molecule has 1 rings (SSSR count). The monoisotopic (exact) mass is 123 g/mol. The maximum Gasteiger partial charge on any atom is 0.239 e. The standard InChI is InChI=1S/C2H3NO.H2O2S/c4-2-1-3-2;1-3-2/h1H2,(H,3,4);3H2. The summed E-state index contributed by atoms with van der Waals surface area (Å²) in [5.41, 5.74) is 0. The molecule has 4 nitrogen and oxygen atoms in total. The van der Waals surface area contributed by atoms with E-state index < -0.39 is 11.6 Å². The van der Waals surface area contributed by atoms with Crippen LogP contribution in [-0.2, 0) is 16.4 Å². The van der Waals surface area contributed by atoms with Gasteiger partial charge in [-0.3, -0.25) is 4.79 Å². The zero-order valence-corrected chi connectivity index (χ0v) is 4.43. The smallest absolute Gasteiger partial charge is 0.239 e. The van der Waals surface area contributed by atoms with Gasteiger partial charge in [0.15, 0.2) is 0 Å². The van der Waals surface area contributed by atoms with Gasteiger partial charge in [-0.1, -0.05) is 0 Å². The summed E-state index contributed by atoms with van der Waals surface area (Å²) in [6.07, 6.45) is 0. The number of hydrogen-bond acceptors (Lipinski definition) is 3. The lowest BCUT2D eigenvalue weighted by atomic mass is 11.0. The number of carbonyl (C=O) groups excluding carboxylic acids is 1. The lowest BCUT2D eigenvalue weighted by molar-refractivity contribution is -0.110. The average Bonchev–Trinajstić information content (AvgIpc) is 2.25. The molecule has 0 aliphatic carbocycles. The van der Waals surface area contributed by atoms with Gasteiger partial charge >= 0.3 is 0 Å². The van der Waals surface area contributed by atoms with Crippen molar-refractivity contribution in [1.82, 2.24) is 5.32 Å². The van der Waals surface area contributed by atoms with Crippen molar-refractivity contribution in [2.75, 3.05) is 6.54 Å². The molecule has 0 radical (unpaired) electrons. The summed E-state index contributed by atoms with van der Waals surface area (Å²) in [5.74, 6) is 0.167. The zero-order chi connectivity index (χ0) is 5.70. The van der Waals surface area contributed by atoms with Crippen molar-refractivity contribution in [3.05, 3.63) is 0 Å². The second-order valence-corrected chi connectivity index (χ2v) is 1.03. The fourth-order valence-electron chi connectivity index (χ4n) is 0.0361. The summed E-state index contributed by atoms with van der Waals surface area (Å²) in [5, 5.41) is 2.46. The van der Waals surface area contributed by atoms with Gasteiger partial charge in [0, 0.05) is 0 Å². The Balaban J connectivity index is 0.000000110. The molecular weight excluding hydrogens is 118 g/mol. The minimum Gasteiger partial charge on any atom is -0.346 e. The van der Waals surface area contributed by atoms with E-state index in [0.717, 1.165) is 0 Å². The molecular formula is C2H5NO3S. The Kier molecular flexibility index (Phi) is 3.31. The Labute approximate surface area is 43.5 Å². The highest BCUT2D eigenvalue weighted by Gasteiger charge is 2.10. The summed E-state index contributed by atoms with van der Waals surface area (Å²) in [7, 11) is 0. The molecule has 0 bridgehead atoms. The molecule has 1 saturated heterocycles. The highest BCUT2D eigenvalue weighted by Crippen LogP contribution is 1.72. The van der Waals surface area contributed by atoms with E-state index >= 15 is 0 Å². The van der Waals surface area contributed by atoms with Gasteiger partial charge < -0.3 is 5.32 Å². The van der Waals surface area contributed by atoms with Gasteiger partial charge in [-0.25, -0.2) is 8.42 Å². The Morgan fingerprint density at radius 2 is 1.71 bits per heavy atom. The van der Waals surface area contributed by atoms with Gasteiger partial charge in [-0.15, -0.1) is 0 Å². The van der Waals surface area contributed by atoms with E-state index in [4.69, 9.17) is 8.42 Å². The van der Waals surface area contributed by atoms with Crippen molar-refractivity contribution < 1.29 is 13.2 Å². The van der Waals surface area contributed by atoms with Gasteiger partial charge in [-0.2, -0.15) is 0 Å². The molecule has 5 heteroatoms. The first-order chi connectivity index (χ1) is 3.31. The number of amides is 1. The normalized spacial score (nSPS) is 13.4. The van der Waals surface area contributed by atoms with E-state index in [9.17, 15) is 4.79 Å². The van der Waals surface area contributed by atoms with Gasteiger partial charge in [0.25, 0.3) is 0 Å². The Morgan fingerprint density at radius 3 is 1.71 bits per heavy atom. The second-order valence-electron chi connectivity index (χ2n) is 0.860. The number of rotatable bonds is 0. The van der Waals surface area contributed by atoms with Crippen LogP contribution in [0.2, 0.25) is 0 Å². The van der Waals surface area contributed by atoms with Gasteiger partial charge in [0.05, 0.1) is 6.54 Å². The van der Waals surface area contributed by atoms with Crippen molar-refractivity contribution in [2.45, 2.75) is 0 Å². The van der Waals surface area contributed by atoms with E-state index in [-0.39, 0.29) is 5.91 Å². The third-order valence-electron chi connectivity index (χ3n) is 0.321. The van der Waals surface area contributed by atoms with Crippen LogP contribution in [0.1, 0.15) is 0 Å². The van der Waals surface area contributed by atoms with Crippen LogP contribution in [0.25, 0.3) is 0 Å². The van der Waals surface area contributed by atoms with Gasteiger partial charge in [-0.05, 0) is 0 Å². The van der Waals surface area contributed by atoms with Crippen LogP contribution in [0.15, 0.2) is 0 Å². The molecule has 7 heavy (non-hydrogen) atoms. The maximum absolute atomic E-state index is 9.44. The summed E-state index contributed by atoms with van der Waals surface area (Å²) in [6, 6.07) is 0. The fourth-order valence-corrected chi connectivity index (χ4v) is 0.0361. The first kappa shape index (κ1) is 6.42. The summed E-state index contributed by atoms with van der Waals surface area (Å²) >= 11 is -1.42. The molecule has 0 atom stereocenters. The molecule has 1 fully saturated rings. The minimum absolute atomic E-state index is 0.167. The van der Waals surface area contributed by atoms with Gasteiger partial charge in [0.2, 0.25) is 5.91 Å². The van der Waals surface area contributed by atoms with Gasteiger partial charge in [0.1, 0.15) is 11.6 Å². The number of hydrogen-bond donors (Lipinski definition) is 1. The molecule has 0 saturated carbocycles. The van der Waals surface area contributed by atoms with Crippen LogP contribution in [0.3, 0.4) is 0 Å².